The van der Waals surface area contributed by atoms with Crippen molar-refractivity contribution >= 4 is 79.7 Å². The predicted molar refractivity (Wildman–Crippen MR) is 198 cm³/mol. The van der Waals surface area contributed by atoms with Gasteiger partial charge in [-0.2, -0.15) is 0 Å². The minimum absolute atomic E-state index is 0.0305. The van der Waals surface area contributed by atoms with Crippen molar-refractivity contribution in [1.82, 2.24) is 9.80 Å². The van der Waals surface area contributed by atoms with E-state index >= 15 is 0 Å². The van der Waals surface area contributed by atoms with Gasteiger partial charge in [0.15, 0.2) is 0 Å². The first-order valence-electron chi connectivity index (χ1n) is 15.1. The molecule has 2 aliphatic rings. The molecule has 6 nitrogen and oxygen atoms in total. The highest BCUT2D eigenvalue weighted by Gasteiger charge is 2.47. The Morgan fingerprint density at radius 3 is 0.917 bits per heavy atom. The second-order valence-corrected chi connectivity index (χ2v) is 15.8. The minimum Gasteiger partial charge on any atom is -0.270 e. The Bertz CT molecular complexity index is 2050. The normalized spacial score (nSPS) is 14.0. The monoisotopic (exact) mass is 702 g/mol. The Labute approximate surface area is 292 Å². The SMILES string of the molecule is C=C(C)CN1C(=O)c2c(-c3cccs3)c(-c3cccs3)c3c4c(c(-c5cccs5)c(-c5cccs5)c(c24)C1=O)C(=O)N(CC(=C)C)C3=O. The third-order valence-corrected chi connectivity index (χ3v) is 12.1. The number of benzene rings is 2. The average Bonchev–Trinajstić information content (AvgIpc) is 3.89. The van der Waals surface area contributed by atoms with E-state index < -0.39 is 23.6 Å². The second-order valence-electron chi connectivity index (χ2n) is 12.0. The lowest BCUT2D eigenvalue weighted by Crippen LogP contribution is -2.45. The van der Waals surface area contributed by atoms with Crippen molar-refractivity contribution in [2.75, 3.05) is 13.1 Å². The fourth-order valence-corrected chi connectivity index (χ4v) is 9.96. The summed E-state index contributed by atoms with van der Waals surface area (Å²) in [5.74, 6) is -1.89. The van der Waals surface area contributed by atoms with Gasteiger partial charge in [0.25, 0.3) is 23.6 Å². The average molecular weight is 703 g/mol. The van der Waals surface area contributed by atoms with Crippen LogP contribution >= 0.6 is 45.3 Å². The fourth-order valence-electron chi connectivity index (χ4n) is 6.83. The summed E-state index contributed by atoms with van der Waals surface area (Å²) in [4.78, 5) is 65.2. The lowest BCUT2D eigenvalue weighted by molar-refractivity contribution is 0.0605. The van der Waals surface area contributed by atoms with E-state index in [9.17, 15) is 19.2 Å². The highest BCUT2D eigenvalue weighted by molar-refractivity contribution is 7.15. The zero-order chi connectivity index (χ0) is 33.4. The molecule has 4 amide bonds. The van der Waals surface area contributed by atoms with Gasteiger partial charge in [-0.1, -0.05) is 48.6 Å². The summed E-state index contributed by atoms with van der Waals surface area (Å²) in [7, 11) is 0. The summed E-state index contributed by atoms with van der Waals surface area (Å²) in [6.07, 6.45) is 0. The molecule has 0 unspecified atom stereocenters. The summed E-state index contributed by atoms with van der Waals surface area (Å²) in [5, 5.41) is 8.45. The Hall–Kier alpha value is -4.74. The molecule has 0 spiro atoms. The molecule has 0 N–H and O–H groups in total. The molecule has 0 saturated carbocycles. The van der Waals surface area contributed by atoms with Crippen LogP contribution in [0.3, 0.4) is 0 Å². The zero-order valence-electron chi connectivity index (χ0n) is 25.9. The van der Waals surface area contributed by atoms with Crippen molar-refractivity contribution in [3.63, 3.8) is 0 Å². The number of hydrogen-bond donors (Lipinski definition) is 0. The van der Waals surface area contributed by atoms with Crippen molar-refractivity contribution in [2.24, 2.45) is 0 Å². The number of carbonyl (C=O) groups excluding carboxylic acids is 4. The number of imide groups is 2. The van der Waals surface area contributed by atoms with Crippen molar-refractivity contribution in [3.05, 3.63) is 117 Å². The van der Waals surface area contributed by atoms with Crippen LogP contribution in [-0.2, 0) is 0 Å². The molecule has 236 valence electrons. The molecule has 0 radical (unpaired) electrons. The number of rotatable bonds is 8. The third kappa shape index (κ3) is 4.40. The Morgan fingerprint density at radius 2 is 0.729 bits per heavy atom. The molecule has 6 heterocycles. The van der Waals surface area contributed by atoms with E-state index in [-0.39, 0.29) is 13.1 Å². The molecule has 0 aliphatic carbocycles. The molecular formula is C38H26N2O4S4. The molecule has 2 aliphatic heterocycles. The summed E-state index contributed by atoms with van der Waals surface area (Å²) >= 11 is 5.84. The Kier molecular flexibility index (Phi) is 7.30. The summed E-state index contributed by atoms with van der Waals surface area (Å²) < 4.78 is 0. The van der Waals surface area contributed by atoms with Crippen molar-refractivity contribution in [3.8, 4) is 41.8 Å². The van der Waals surface area contributed by atoms with E-state index in [1.54, 1.807) is 13.8 Å². The van der Waals surface area contributed by atoms with E-state index in [0.717, 1.165) is 19.5 Å². The van der Waals surface area contributed by atoms with Crippen LogP contribution in [0, 0.1) is 0 Å². The van der Waals surface area contributed by atoms with Crippen molar-refractivity contribution < 1.29 is 19.2 Å². The zero-order valence-corrected chi connectivity index (χ0v) is 29.2. The van der Waals surface area contributed by atoms with Crippen LogP contribution in [0.4, 0.5) is 0 Å². The molecule has 8 rings (SSSR count). The molecule has 0 saturated heterocycles. The van der Waals surface area contributed by atoms with Crippen LogP contribution in [0.5, 0.6) is 0 Å². The van der Waals surface area contributed by atoms with Crippen LogP contribution in [0.2, 0.25) is 0 Å². The van der Waals surface area contributed by atoms with E-state index in [2.05, 4.69) is 13.2 Å². The van der Waals surface area contributed by atoms with E-state index in [1.807, 2.05) is 70.1 Å². The van der Waals surface area contributed by atoms with Crippen LogP contribution in [0.15, 0.2) is 94.4 Å². The van der Waals surface area contributed by atoms with E-state index in [4.69, 9.17) is 0 Å². The van der Waals surface area contributed by atoms with Crippen LogP contribution in [-0.4, -0.2) is 46.5 Å². The van der Waals surface area contributed by atoms with Gasteiger partial charge < -0.3 is 0 Å². The lowest BCUT2D eigenvalue weighted by Gasteiger charge is -2.37. The van der Waals surface area contributed by atoms with E-state index in [1.165, 1.54) is 55.1 Å². The maximum Gasteiger partial charge on any atom is 0.262 e. The standard InChI is InChI=1S/C38H26N2O4S4/c1-19(2)17-39-35(41)31-25(21-9-5-13-45-21)27(23-11-7-15-47-23)33-30-29(31)32(36(39)42)26(22-10-6-14-46-22)28(24-12-8-16-48-24)34(30)38(44)40(37(33)43)18-20(3)4/h5-16H,1,3,17-18H2,2,4H3. The molecule has 4 aromatic heterocycles. The number of nitrogens with zero attached hydrogens (tertiary/aromatic N) is 2. The van der Waals surface area contributed by atoms with Gasteiger partial charge in [0.2, 0.25) is 0 Å². The van der Waals surface area contributed by atoms with Gasteiger partial charge in [0, 0.05) is 65.6 Å². The Balaban J connectivity index is 1.71. The summed E-state index contributed by atoms with van der Waals surface area (Å²) in [5.41, 5.74) is 4.94. The number of amides is 4. The Morgan fingerprint density at radius 1 is 0.479 bits per heavy atom. The predicted octanol–water partition coefficient (Wildman–Crippen LogP) is 10.1. The molecule has 0 bridgehead atoms. The first kappa shape index (κ1) is 30.6. The smallest absolute Gasteiger partial charge is 0.262 e. The number of carbonyl (C=O) groups is 4. The van der Waals surface area contributed by atoms with Gasteiger partial charge in [-0.25, -0.2) is 0 Å². The molecule has 48 heavy (non-hydrogen) atoms. The van der Waals surface area contributed by atoms with Gasteiger partial charge in [0.1, 0.15) is 0 Å². The van der Waals surface area contributed by atoms with Crippen molar-refractivity contribution in [2.45, 2.75) is 13.8 Å². The van der Waals surface area contributed by atoms with Crippen LogP contribution < -0.4 is 0 Å². The first-order valence-corrected chi connectivity index (χ1v) is 18.6. The van der Waals surface area contributed by atoms with Gasteiger partial charge >= 0.3 is 0 Å². The first-order chi connectivity index (χ1) is 23.2. The van der Waals surface area contributed by atoms with Crippen LogP contribution in [0.1, 0.15) is 55.3 Å². The molecule has 2 aromatic carbocycles. The molecule has 6 aromatic rings. The minimum atomic E-state index is -0.473. The van der Waals surface area contributed by atoms with E-state index in [0.29, 0.717) is 66.4 Å². The topological polar surface area (TPSA) is 74.8 Å². The van der Waals surface area contributed by atoms with Crippen LogP contribution in [0.25, 0.3) is 52.5 Å². The third-order valence-electron chi connectivity index (χ3n) is 8.51. The van der Waals surface area contributed by atoms with Gasteiger partial charge in [-0.05, 0) is 59.6 Å². The largest absolute Gasteiger partial charge is 0.270 e. The number of thiophene rings is 4. The molecule has 10 heteroatoms. The number of hydrogen-bond acceptors (Lipinski definition) is 8. The quantitative estimate of drug-likeness (QED) is 0.117. The fraction of sp³-hybridized carbons (Fsp3) is 0.105. The van der Waals surface area contributed by atoms with Gasteiger partial charge in [-0.3, -0.25) is 29.0 Å². The molecular weight excluding hydrogens is 677 g/mol. The lowest BCUT2D eigenvalue weighted by atomic mass is 9.75. The summed E-state index contributed by atoms with van der Waals surface area (Å²) in [6, 6.07) is 15.4. The molecule has 0 atom stereocenters. The highest BCUT2D eigenvalue weighted by atomic mass is 32.1. The maximum atomic E-state index is 14.9. The van der Waals surface area contributed by atoms with Crippen molar-refractivity contribution in [1.29, 1.82) is 0 Å². The highest BCUT2D eigenvalue weighted by Crippen LogP contribution is 2.56. The van der Waals surface area contributed by atoms with Gasteiger partial charge in [0.05, 0.1) is 22.3 Å². The summed E-state index contributed by atoms with van der Waals surface area (Å²) in [6.45, 7) is 11.7. The van der Waals surface area contributed by atoms with Gasteiger partial charge in [-0.15, -0.1) is 45.3 Å². The maximum absolute atomic E-state index is 14.9. The molecule has 0 fully saturated rings. The second kappa shape index (κ2) is 11.5.